The third-order valence-electron chi connectivity index (χ3n) is 2.17. The van der Waals surface area contributed by atoms with Crippen LogP contribution < -0.4 is 0 Å². The molecule has 0 aromatic heterocycles. The van der Waals surface area contributed by atoms with E-state index in [1.165, 1.54) is 12.8 Å². The number of aliphatic hydroxyl groups excluding tert-OH is 2. The number of hydrogen-bond donors (Lipinski definition) is 2. The van der Waals surface area contributed by atoms with Gasteiger partial charge in [0, 0.05) is 0 Å². The van der Waals surface area contributed by atoms with Crippen LogP contribution in [-0.4, -0.2) is 22.9 Å². The van der Waals surface area contributed by atoms with E-state index in [1.807, 2.05) is 0 Å². The van der Waals surface area contributed by atoms with Crippen LogP contribution in [0.25, 0.3) is 0 Å². The van der Waals surface area contributed by atoms with Crippen molar-refractivity contribution in [1.29, 1.82) is 0 Å². The van der Waals surface area contributed by atoms with Gasteiger partial charge in [-0.3, -0.25) is 0 Å². The van der Waals surface area contributed by atoms with Gasteiger partial charge in [-0.1, -0.05) is 40.0 Å². The van der Waals surface area contributed by atoms with Gasteiger partial charge in [0.15, 0.2) is 0 Å². The molecule has 80 valence electrons. The third kappa shape index (κ3) is 9.84. The summed E-state index contributed by atoms with van der Waals surface area (Å²) in [7, 11) is 0. The smallest absolute Gasteiger partial charge is 0.0770 e. The molecule has 2 N–H and O–H groups in total. The summed E-state index contributed by atoms with van der Waals surface area (Å²) in [4.78, 5) is 0. The van der Waals surface area contributed by atoms with E-state index in [-0.39, 0.29) is 6.61 Å². The zero-order valence-corrected chi connectivity index (χ0v) is 9.21. The Hall–Kier alpha value is -0.0800. The monoisotopic (exact) mass is 188 g/mol. The Morgan fingerprint density at radius 3 is 2.15 bits per heavy atom. The molecule has 0 fully saturated rings. The largest absolute Gasteiger partial charge is 0.394 e. The van der Waals surface area contributed by atoms with E-state index in [9.17, 15) is 0 Å². The molecule has 1 atom stereocenters. The maximum absolute atomic E-state index is 9.07. The lowest BCUT2D eigenvalue weighted by Crippen LogP contribution is -2.11. The van der Waals surface area contributed by atoms with Crippen molar-refractivity contribution in [2.45, 2.75) is 59.0 Å². The first-order valence-corrected chi connectivity index (χ1v) is 5.24. The van der Waals surface area contributed by atoms with Gasteiger partial charge in [0.1, 0.15) is 0 Å². The second-order valence-electron chi connectivity index (χ2n) is 5.00. The fourth-order valence-corrected chi connectivity index (χ4v) is 1.30. The van der Waals surface area contributed by atoms with Crippen molar-refractivity contribution in [3.63, 3.8) is 0 Å². The highest BCUT2D eigenvalue weighted by atomic mass is 16.3. The zero-order valence-electron chi connectivity index (χ0n) is 9.21. The fraction of sp³-hybridized carbons (Fsp3) is 1.00. The van der Waals surface area contributed by atoms with Crippen molar-refractivity contribution in [3.8, 4) is 0 Å². The summed E-state index contributed by atoms with van der Waals surface area (Å²) in [6, 6.07) is 0. The lowest BCUT2D eigenvalue weighted by atomic mass is 9.89. The molecule has 0 spiro atoms. The van der Waals surface area contributed by atoms with E-state index in [0.29, 0.717) is 5.41 Å². The maximum atomic E-state index is 9.07. The van der Waals surface area contributed by atoms with Crippen LogP contribution in [-0.2, 0) is 0 Å². The molecule has 13 heavy (non-hydrogen) atoms. The molecule has 0 aliphatic carbocycles. The summed E-state index contributed by atoms with van der Waals surface area (Å²) in [6.07, 6.45) is 4.88. The highest BCUT2D eigenvalue weighted by molar-refractivity contribution is 4.61. The SMILES string of the molecule is CC(C)(C)CCCCCC(O)CO. The Bertz CT molecular complexity index is 116. The molecule has 2 nitrogen and oxygen atoms in total. The molecular weight excluding hydrogens is 164 g/mol. The molecule has 1 unspecified atom stereocenters. The van der Waals surface area contributed by atoms with Crippen molar-refractivity contribution in [3.05, 3.63) is 0 Å². The Balaban J connectivity index is 3.18. The first-order chi connectivity index (χ1) is 5.95. The Labute approximate surface area is 82.0 Å². The van der Waals surface area contributed by atoms with Gasteiger partial charge in [0.2, 0.25) is 0 Å². The summed E-state index contributed by atoms with van der Waals surface area (Å²) in [6.45, 7) is 6.64. The molecule has 0 saturated carbocycles. The molecule has 0 aromatic rings. The Kier molecular flexibility index (Phi) is 6.35. The van der Waals surface area contributed by atoms with E-state index < -0.39 is 6.10 Å². The molecule has 0 aliphatic rings. The molecule has 2 heteroatoms. The molecule has 0 bridgehead atoms. The molecule has 0 aliphatic heterocycles. The minimum Gasteiger partial charge on any atom is -0.394 e. The van der Waals surface area contributed by atoms with E-state index in [4.69, 9.17) is 10.2 Å². The third-order valence-corrected chi connectivity index (χ3v) is 2.17. The average Bonchev–Trinajstić information content (AvgIpc) is 2.01. The van der Waals surface area contributed by atoms with Gasteiger partial charge in [-0.2, -0.15) is 0 Å². The van der Waals surface area contributed by atoms with Crippen LogP contribution in [0.3, 0.4) is 0 Å². The van der Waals surface area contributed by atoms with E-state index in [0.717, 1.165) is 19.3 Å². The molecular formula is C11H24O2. The van der Waals surface area contributed by atoms with Gasteiger partial charge >= 0.3 is 0 Å². The van der Waals surface area contributed by atoms with Crippen molar-refractivity contribution in [2.24, 2.45) is 5.41 Å². The maximum Gasteiger partial charge on any atom is 0.0770 e. The molecule has 0 saturated heterocycles. The lowest BCUT2D eigenvalue weighted by Gasteiger charge is -2.17. The highest BCUT2D eigenvalue weighted by Gasteiger charge is 2.09. The first kappa shape index (κ1) is 12.9. The van der Waals surface area contributed by atoms with Crippen molar-refractivity contribution < 1.29 is 10.2 Å². The van der Waals surface area contributed by atoms with Gasteiger partial charge in [-0.15, -0.1) is 0 Å². The number of unbranched alkanes of at least 4 members (excludes halogenated alkanes) is 2. The van der Waals surface area contributed by atoms with Crippen LogP contribution in [0.5, 0.6) is 0 Å². The molecule has 0 amide bonds. The highest BCUT2D eigenvalue weighted by Crippen LogP contribution is 2.22. The van der Waals surface area contributed by atoms with Crippen molar-refractivity contribution in [1.82, 2.24) is 0 Å². The summed E-state index contributed by atoms with van der Waals surface area (Å²) in [5, 5.41) is 17.6. The quantitative estimate of drug-likeness (QED) is 0.628. The van der Waals surface area contributed by atoms with Crippen LogP contribution >= 0.6 is 0 Å². The van der Waals surface area contributed by atoms with Gasteiger partial charge in [-0.05, 0) is 18.3 Å². The van der Waals surface area contributed by atoms with Gasteiger partial charge in [-0.25, -0.2) is 0 Å². The van der Waals surface area contributed by atoms with E-state index >= 15 is 0 Å². The standard InChI is InChI=1S/C11H24O2/c1-11(2,3)8-6-4-5-7-10(13)9-12/h10,12-13H,4-9H2,1-3H3. The summed E-state index contributed by atoms with van der Waals surface area (Å²) < 4.78 is 0. The predicted octanol–water partition coefficient (Wildman–Crippen LogP) is 2.34. The molecule has 0 rings (SSSR count). The first-order valence-electron chi connectivity index (χ1n) is 5.24. The van der Waals surface area contributed by atoms with E-state index in [2.05, 4.69) is 20.8 Å². The van der Waals surface area contributed by atoms with Crippen LogP contribution in [0.2, 0.25) is 0 Å². The average molecular weight is 188 g/mol. The fourth-order valence-electron chi connectivity index (χ4n) is 1.30. The Morgan fingerprint density at radius 2 is 1.69 bits per heavy atom. The van der Waals surface area contributed by atoms with Gasteiger partial charge < -0.3 is 10.2 Å². The normalized spacial score (nSPS) is 14.5. The second kappa shape index (κ2) is 6.39. The summed E-state index contributed by atoms with van der Waals surface area (Å²) >= 11 is 0. The minimum absolute atomic E-state index is 0.0979. The van der Waals surface area contributed by atoms with Crippen molar-refractivity contribution in [2.75, 3.05) is 6.61 Å². The van der Waals surface area contributed by atoms with Crippen LogP contribution in [0.1, 0.15) is 52.9 Å². The van der Waals surface area contributed by atoms with Gasteiger partial charge in [0.05, 0.1) is 12.7 Å². The number of rotatable bonds is 6. The second-order valence-corrected chi connectivity index (χ2v) is 5.00. The molecule has 0 heterocycles. The van der Waals surface area contributed by atoms with Crippen LogP contribution in [0.4, 0.5) is 0 Å². The number of hydrogen-bond acceptors (Lipinski definition) is 2. The topological polar surface area (TPSA) is 40.5 Å². The van der Waals surface area contributed by atoms with E-state index in [1.54, 1.807) is 0 Å². The molecule has 0 aromatic carbocycles. The van der Waals surface area contributed by atoms with Gasteiger partial charge in [0.25, 0.3) is 0 Å². The summed E-state index contributed by atoms with van der Waals surface area (Å²) in [5.74, 6) is 0. The predicted molar refractivity (Wildman–Crippen MR) is 55.6 cm³/mol. The van der Waals surface area contributed by atoms with Crippen LogP contribution in [0, 0.1) is 5.41 Å². The number of aliphatic hydroxyl groups is 2. The summed E-state index contributed by atoms with van der Waals surface area (Å²) in [5.41, 5.74) is 0.426. The minimum atomic E-state index is -0.505. The zero-order chi connectivity index (χ0) is 10.3. The Morgan fingerprint density at radius 1 is 1.08 bits per heavy atom. The van der Waals surface area contributed by atoms with Crippen molar-refractivity contribution >= 4 is 0 Å². The van der Waals surface area contributed by atoms with Crippen LogP contribution in [0.15, 0.2) is 0 Å². The molecule has 0 radical (unpaired) electrons. The lowest BCUT2D eigenvalue weighted by molar-refractivity contribution is 0.0858.